The average molecular weight is 436 g/mol. The van der Waals surface area contributed by atoms with Gasteiger partial charge in [0.2, 0.25) is 5.91 Å². The summed E-state index contributed by atoms with van der Waals surface area (Å²) in [6, 6.07) is 7.52. The zero-order valence-electron chi connectivity index (χ0n) is 19.2. The fourth-order valence-corrected chi connectivity index (χ4v) is 2.99. The highest BCUT2D eigenvalue weighted by atomic mass is 16.5. The molecule has 1 amide bonds. The van der Waals surface area contributed by atoms with Crippen LogP contribution in [-0.4, -0.2) is 101 Å². The van der Waals surface area contributed by atoms with Crippen molar-refractivity contribution < 1.29 is 19.0 Å². The fourth-order valence-electron chi connectivity index (χ4n) is 2.99. The van der Waals surface area contributed by atoms with E-state index in [0.717, 1.165) is 57.3 Å². The summed E-state index contributed by atoms with van der Waals surface area (Å²) in [6.45, 7) is 7.97. The monoisotopic (exact) mass is 435 g/mol. The predicted molar refractivity (Wildman–Crippen MR) is 122 cm³/mol. The van der Waals surface area contributed by atoms with E-state index < -0.39 is 0 Å². The van der Waals surface area contributed by atoms with Crippen LogP contribution in [0.1, 0.15) is 13.3 Å². The van der Waals surface area contributed by atoms with Gasteiger partial charge in [-0.1, -0.05) is 6.07 Å². The summed E-state index contributed by atoms with van der Waals surface area (Å²) in [5.74, 6) is 2.06. The standard InChI is InChI=1S/C22H37N5O4/c1-18(31-20-8-5-7-19(15-20)29-4)16-24-22(25-17-21(28)26(2)3)23-9-6-10-27-11-13-30-14-12-27/h5,7-8,15,18H,6,9-14,16-17H2,1-4H3,(H2,23,24,25). The van der Waals surface area contributed by atoms with E-state index in [1.807, 2.05) is 31.2 Å². The maximum atomic E-state index is 11.9. The van der Waals surface area contributed by atoms with Crippen LogP contribution in [0.4, 0.5) is 0 Å². The minimum atomic E-state index is -0.1000. The molecule has 0 saturated carbocycles. The van der Waals surface area contributed by atoms with Gasteiger partial charge in [0.05, 0.1) is 26.9 Å². The van der Waals surface area contributed by atoms with Crippen LogP contribution in [0.25, 0.3) is 0 Å². The van der Waals surface area contributed by atoms with Gasteiger partial charge in [-0.3, -0.25) is 9.69 Å². The minimum absolute atomic E-state index is 0.0462. The summed E-state index contributed by atoms with van der Waals surface area (Å²) in [5, 5.41) is 6.61. The van der Waals surface area contributed by atoms with Gasteiger partial charge in [0.15, 0.2) is 5.96 Å². The Bertz CT molecular complexity index is 692. The lowest BCUT2D eigenvalue weighted by Crippen LogP contribution is -2.44. The molecule has 0 aliphatic carbocycles. The summed E-state index contributed by atoms with van der Waals surface area (Å²) < 4.78 is 16.6. The van der Waals surface area contributed by atoms with Crippen LogP contribution in [-0.2, 0) is 9.53 Å². The summed E-state index contributed by atoms with van der Waals surface area (Å²) >= 11 is 0. The van der Waals surface area contributed by atoms with Crippen molar-refractivity contribution >= 4 is 11.9 Å². The van der Waals surface area contributed by atoms with Crippen LogP contribution in [0.2, 0.25) is 0 Å². The number of hydrogen-bond acceptors (Lipinski definition) is 6. The van der Waals surface area contributed by atoms with E-state index in [1.165, 1.54) is 4.90 Å². The van der Waals surface area contributed by atoms with Gasteiger partial charge < -0.3 is 29.7 Å². The van der Waals surface area contributed by atoms with Crippen LogP contribution in [0.3, 0.4) is 0 Å². The first-order valence-electron chi connectivity index (χ1n) is 10.8. The molecule has 1 saturated heterocycles. The number of morpholine rings is 1. The number of nitrogens with one attached hydrogen (secondary N) is 2. The number of methoxy groups -OCH3 is 1. The number of benzene rings is 1. The molecule has 1 aliphatic rings. The number of nitrogens with zero attached hydrogens (tertiary/aromatic N) is 3. The maximum Gasteiger partial charge on any atom is 0.243 e. The molecule has 31 heavy (non-hydrogen) atoms. The molecule has 0 spiro atoms. The number of likely N-dealkylation sites (N-methyl/N-ethyl adjacent to an activating group) is 1. The van der Waals surface area contributed by atoms with Crippen LogP contribution in [0.5, 0.6) is 11.5 Å². The third-order valence-corrected chi connectivity index (χ3v) is 4.85. The molecule has 174 valence electrons. The Hall–Kier alpha value is -2.52. The summed E-state index contributed by atoms with van der Waals surface area (Å²) in [4.78, 5) is 20.3. The second kappa shape index (κ2) is 13.7. The van der Waals surface area contributed by atoms with E-state index in [4.69, 9.17) is 14.2 Å². The molecule has 9 nitrogen and oxygen atoms in total. The Labute approximate surface area is 185 Å². The lowest BCUT2D eigenvalue weighted by Gasteiger charge is -2.26. The lowest BCUT2D eigenvalue weighted by atomic mass is 10.3. The van der Waals surface area contributed by atoms with Gasteiger partial charge in [0.25, 0.3) is 0 Å². The van der Waals surface area contributed by atoms with E-state index in [9.17, 15) is 4.79 Å². The molecule has 1 unspecified atom stereocenters. The fraction of sp³-hybridized carbons (Fsp3) is 0.636. The second-order valence-corrected chi connectivity index (χ2v) is 7.68. The lowest BCUT2D eigenvalue weighted by molar-refractivity contribution is -0.127. The molecule has 0 aromatic heterocycles. The smallest absolute Gasteiger partial charge is 0.243 e. The molecule has 1 atom stereocenters. The molecular weight excluding hydrogens is 398 g/mol. The Balaban J connectivity index is 1.81. The zero-order valence-corrected chi connectivity index (χ0v) is 19.2. The molecule has 1 heterocycles. The topological polar surface area (TPSA) is 87.7 Å². The molecule has 2 N–H and O–H groups in total. The van der Waals surface area contributed by atoms with Crippen molar-refractivity contribution in [2.45, 2.75) is 19.4 Å². The molecular formula is C22H37N5O4. The average Bonchev–Trinajstić information content (AvgIpc) is 2.78. The molecule has 0 radical (unpaired) electrons. The third kappa shape index (κ3) is 9.89. The van der Waals surface area contributed by atoms with Crippen molar-refractivity contribution in [3.63, 3.8) is 0 Å². The number of rotatable bonds is 11. The Morgan fingerprint density at radius 3 is 2.71 bits per heavy atom. The Morgan fingerprint density at radius 1 is 1.26 bits per heavy atom. The Kier molecular flexibility index (Phi) is 10.9. The van der Waals surface area contributed by atoms with E-state index in [-0.39, 0.29) is 18.6 Å². The van der Waals surface area contributed by atoms with Gasteiger partial charge in [-0.05, 0) is 32.0 Å². The van der Waals surface area contributed by atoms with Crippen molar-refractivity contribution in [1.29, 1.82) is 0 Å². The summed E-state index contributed by atoms with van der Waals surface area (Å²) in [6.07, 6.45) is 0.884. The number of aliphatic imine (C=N–C) groups is 1. The molecule has 1 aromatic rings. The first-order chi connectivity index (χ1) is 15.0. The van der Waals surface area contributed by atoms with Crippen molar-refractivity contribution in [3.05, 3.63) is 24.3 Å². The normalized spacial score (nSPS) is 15.8. The van der Waals surface area contributed by atoms with Crippen LogP contribution < -0.4 is 20.1 Å². The third-order valence-electron chi connectivity index (χ3n) is 4.85. The molecule has 0 bridgehead atoms. The molecule has 1 aliphatic heterocycles. The van der Waals surface area contributed by atoms with Crippen LogP contribution >= 0.6 is 0 Å². The summed E-state index contributed by atoms with van der Waals surface area (Å²) in [7, 11) is 5.09. The molecule has 2 rings (SSSR count). The van der Waals surface area contributed by atoms with Gasteiger partial charge in [-0.2, -0.15) is 0 Å². The number of carbonyl (C=O) groups excluding carboxylic acids is 1. The highest BCUT2D eigenvalue weighted by Crippen LogP contribution is 2.19. The van der Waals surface area contributed by atoms with Gasteiger partial charge >= 0.3 is 0 Å². The maximum absolute atomic E-state index is 11.9. The highest BCUT2D eigenvalue weighted by molar-refractivity contribution is 5.84. The van der Waals surface area contributed by atoms with Crippen molar-refractivity contribution in [3.8, 4) is 11.5 Å². The molecule has 1 aromatic carbocycles. The van der Waals surface area contributed by atoms with Crippen molar-refractivity contribution in [2.75, 3.05) is 73.7 Å². The number of carbonyl (C=O) groups is 1. The van der Waals surface area contributed by atoms with Gasteiger partial charge in [-0.15, -0.1) is 0 Å². The number of amides is 1. The Morgan fingerprint density at radius 2 is 2.00 bits per heavy atom. The van der Waals surface area contributed by atoms with Gasteiger partial charge in [-0.25, -0.2) is 4.99 Å². The van der Waals surface area contributed by atoms with Crippen LogP contribution in [0.15, 0.2) is 29.3 Å². The van der Waals surface area contributed by atoms with E-state index in [1.54, 1.807) is 21.2 Å². The van der Waals surface area contributed by atoms with Crippen molar-refractivity contribution in [1.82, 2.24) is 20.4 Å². The SMILES string of the molecule is COc1cccc(OC(C)CNC(=NCC(=O)N(C)C)NCCCN2CCOCC2)c1. The van der Waals surface area contributed by atoms with Crippen LogP contribution in [0, 0.1) is 0 Å². The number of guanidine groups is 1. The minimum Gasteiger partial charge on any atom is -0.497 e. The highest BCUT2D eigenvalue weighted by Gasteiger charge is 2.11. The number of hydrogen-bond donors (Lipinski definition) is 2. The largest absolute Gasteiger partial charge is 0.497 e. The second-order valence-electron chi connectivity index (χ2n) is 7.68. The first-order valence-corrected chi connectivity index (χ1v) is 10.8. The van der Waals surface area contributed by atoms with Gasteiger partial charge in [0, 0.05) is 39.8 Å². The summed E-state index contributed by atoms with van der Waals surface area (Å²) in [5.41, 5.74) is 0. The van der Waals surface area contributed by atoms with E-state index >= 15 is 0 Å². The van der Waals surface area contributed by atoms with E-state index in [2.05, 4.69) is 20.5 Å². The predicted octanol–water partition coefficient (Wildman–Crippen LogP) is 0.808. The zero-order chi connectivity index (χ0) is 22.5. The van der Waals surface area contributed by atoms with Gasteiger partial charge in [0.1, 0.15) is 24.1 Å². The molecule has 9 heteroatoms. The number of ether oxygens (including phenoxy) is 3. The van der Waals surface area contributed by atoms with Crippen molar-refractivity contribution in [2.24, 2.45) is 4.99 Å². The van der Waals surface area contributed by atoms with E-state index in [0.29, 0.717) is 12.5 Å². The first kappa shape index (κ1) is 24.7. The molecule has 1 fully saturated rings. The quantitative estimate of drug-likeness (QED) is 0.302.